The molecule has 0 aliphatic heterocycles. The Hall–Kier alpha value is -0.610. The fourth-order valence-electron chi connectivity index (χ4n) is 1.10. The van der Waals surface area contributed by atoms with Gasteiger partial charge in [-0.3, -0.25) is 4.79 Å². The van der Waals surface area contributed by atoms with Crippen molar-refractivity contribution in [3.63, 3.8) is 0 Å². The van der Waals surface area contributed by atoms with Crippen LogP contribution >= 0.6 is 0 Å². The van der Waals surface area contributed by atoms with Gasteiger partial charge in [0.15, 0.2) is 0 Å². The van der Waals surface area contributed by atoms with Crippen LogP contribution in [0.3, 0.4) is 0 Å². The summed E-state index contributed by atoms with van der Waals surface area (Å²) in [5.41, 5.74) is 5.39. The molecule has 0 heterocycles. The predicted octanol–water partition coefficient (Wildman–Crippen LogP) is 0.278. The van der Waals surface area contributed by atoms with E-state index in [9.17, 15) is 4.79 Å². The zero-order valence-corrected chi connectivity index (χ0v) is 11.0. The van der Waals surface area contributed by atoms with Crippen LogP contribution in [0.4, 0.5) is 0 Å². The van der Waals surface area contributed by atoms with Gasteiger partial charge in [0.2, 0.25) is 5.91 Å². The van der Waals surface area contributed by atoms with Crippen molar-refractivity contribution in [2.75, 3.05) is 41.3 Å². The van der Waals surface area contributed by atoms with Crippen LogP contribution in [-0.2, 0) is 4.79 Å². The third-order valence-electron chi connectivity index (χ3n) is 2.14. The average molecular weight is 216 g/mol. The van der Waals surface area contributed by atoms with Crippen LogP contribution in [0.25, 0.3) is 0 Å². The Kier molecular flexibility index (Phi) is 4.74. The van der Waals surface area contributed by atoms with Gasteiger partial charge in [-0.25, -0.2) is 0 Å². The first-order chi connectivity index (χ1) is 6.51. The van der Waals surface area contributed by atoms with E-state index < -0.39 is 5.54 Å². The minimum absolute atomic E-state index is 0.121. The second-order valence-electron chi connectivity index (χ2n) is 5.99. The van der Waals surface area contributed by atoms with Gasteiger partial charge in [-0.15, -0.1) is 0 Å². The standard InChI is InChI=1S/C11H26N3O/c1-11(2,12)9-10(15)13(3)7-8-14(4,5)6/h7-9,12H2,1-6H3/q+1. The Morgan fingerprint density at radius 3 is 2.13 bits per heavy atom. The van der Waals surface area contributed by atoms with Crippen molar-refractivity contribution in [2.45, 2.75) is 25.8 Å². The molecule has 0 bridgehead atoms. The maximum Gasteiger partial charge on any atom is 0.224 e. The maximum absolute atomic E-state index is 11.7. The molecule has 2 N–H and O–H groups in total. The quantitative estimate of drug-likeness (QED) is 0.671. The highest BCUT2D eigenvalue weighted by Crippen LogP contribution is 2.06. The van der Waals surface area contributed by atoms with Crippen molar-refractivity contribution < 1.29 is 9.28 Å². The van der Waals surface area contributed by atoms with E-state index in [1.807, 2.05) is 20.9 Å². The van der Waals surface area contributed by atoms with Crippen LogP contribution in [0.15, 0.2) is 0 Å². The van der Waals surface area contributed by atoms with E-state index in [1.54, 1.807) is 4.90 Å². The first-order valence-electron chi connectivity index (χ1n) is 5.34. The molecule has 4 heteroatoms. The summed E-state index contributed by atoms with van der Waals surface area (Å²) in [7, 11) is 8.19. The van der Waals surface area contributed by atoms with Gasteiger partial charge in [0.1, 0.15) is 0 Å². The number of nitrogens with zero attached hydrogens (tertiary/aromatic N) is 2. The van der Waals surface area contributed by atoms with Gasteiger partial charge in [-0.05, 0) is 13.8 Å². The highest BCUT2D eigenvalue weighted by molar-refractivity contribution is 5.77. The van der Waals surface area contributed by atoms with Crippen LogP contribution < -0.4 is 5.73 Å². The normalized spacial score (nSPS) is 12.7. The van der Waals surface area contributed by atoms with Gasteiger partial charge in [-0.2, -0.15) is 0 Å². The van der Waals surface area contributed by atoms with Gasteiger partial charge in [0, 0.05) is 19.0 Å². The summed E-state index contributed by atoms with van der Waals surface area (Å²) in [6, 6.07) is 0. The molecule has 4 nitrogen and oxygen atoms in total. The molecule has 1 amide bonds. The third kappa shape index (κ3) is 8.39. The van der Waals surface area contributed by atoms with E-state index in [0.29, 0.717) is 6.42 Å². The van der Waals surface area contributed by atoms with Gasteiger partial charge in [-0.1, -0.05) is 0 Å². The van der Waals surface area contributed by atoms with Gasteiger partial charge in [0.05, 0.1) is 34.2 Å². The lowest BCUT2D eigenvalue weighted by atomic mass is 10.0. The molecule has 0 spiro atoms. The van der Waals surface area contributed by atoms with Crippen molar-refractivity contribution >= 4 is 5.91 Å². The number of nitrogens with two attached hydrogens (primary N) is 1. The van der Waals surface area contributed by atoms with E-state index in [-0.39, 0.29) is 5.91 Å². The first-order valence-corrected chi connectivity index (χ1v) is 5.34. The van der Waals surface area contributed by atoms with Gasteiger partial charge in [0.25, 0.3) is 0 Å². The molecule has 0 aliphatic carbocycles. The molecular formula is C11H26N3O+. The zero-order valence-electron chi connectivity index (χ0n) is 11.0. The van der Waals surface area contributed by atoms with Crippen LogP contribution in [0.2, 0.25) is 0 Å². The smallest absolute Gasteiger partial charge is 0.224 e. The topological polar surface area (TPSA) is 46.3 Å². The third-order valence-corrected chi connectivity index (χ3v) is 2.14. The molecule has 0 fully saturated rings. The van der Waals surface area contributed by atoms with Gasteiger partial charge >= 0.3 is 0 Å². The minimum atomic E-state index is -0.415. The fourth-order valence-corrected chi connectivity index (χ4v) is 1.10. The highest BCUT2D eigenvalue weighted by Gasteiger charge is 2.20. The molecule has 90 valence electrons. The fraction of sp³-hybridized carbons (Fsp3) is 0.909. The molecule has 0 saturated heterocycles. The lowest BCUT2D eigenvalue weighted by Gasteiger charge is -2.28. The summed E-state index contributed by atoms with van der Waals surface area (Å²) >= 11 is 0. The molecule has 15 heavy (non-hydrogen) atoms. The summed E-state index contributed by atoms with van der Waals surface area (Å²) in [6.07, 6.45) is 0.403. The number of rotatable bonds is 5. The summed E-state index contributed by atoms with van der Waals surface area (Å²) in [5.74, 6) is 0.121. The second kappa shape index (κ2) is 4.94. The van der Waals surface area contributed by atoms with E-state index in [1.165, 1.54) is 0 Å². The average Bonchev–Trinajstić information content (AvgIpc) is 1.95. The SMILES string of the molecule is CN(CC[N+](C)(C)C)C(=O)CC(C)(C)N. The van der Waals surface area contributed by atoms with Crippen LogP contribution in [0.1, 0.15) is 20.3 Å². The van der Waals surface area contributed by atoms with Crippen molar-refractivity contribution in [1.29, 1.82) is 0 Å². The molecule has 0 aliphatic rings. The van der Waals surface area contributed by atoms with Crippen LogP contribution in [0.5, 0.6) is 0 Å². The van der Waals surface area contributed by atoms with E-state index in [0.717, 1.165) is 17.6 Å². The molecule has 0 radical (unpaired) electrons. The van der Waals surface area contributed by atoms with Crippen molar-refractivity contribution in [3.8, 4) is 0 Å². The van der Waals surface area contributed by atoms with Crippen molar-refractivity contribution in [1.82, 2.24) is 4.90 Å². The number of hydrogen-bond donors (Lipinski definition) is 1. The second-order valence-corrected chi connectivity index (χ2v) is 5.99. The molecule has 0 saturated carbocycles. The van der Waals surface area contributed by atoms with Crippen molar-refractivity contribution in [2.24, 2.45) is 5.73 Å². The summed E-state index contributed by atoms with van der Waals surface area (Å²) < 4.78 is 0.865. The Balaban J connectivity index is 4.01. The molecular weight excluding hydrogens is 190 g/mol. The monoisotopic (exact) mass is 216 g/mol. The van der Waals surface area contributed by atoms with E-state index in [4.69, 9.17) is 5.73 Å². The maximum atomic E-state index is 11.7. The lowest BCUT2D eigenvalue weighted by Crippen LogP contribution is -2.45. The minimum Gasteiger partial charge on any atom is -0.340 e. The first kappa shape index (κ1) is 14.4. The molecule has 0 atom stereocenters. The number of hydrogen-bond acceptors (Lipinski definition) is 2. The Labute approximate surface area is 93.6 Å². The Morgan fingerprint density at radius 2 is 1.80 bits per heavy atom. The molecule has 0 rings (SSSR count). The predicted molar refractivity (Wildman–Crippen MR) is 63.4 cm³/mol. The summed E-state index contributed by atoms with van der Waals surface area (Å²) in [6.45, 7) is 5.47. The summed E-state index contributed by atoms with van der Waals surface area (Å²) in [4.78, 5) is 13.5. The number of carbonyl (C=O) groups is 1. The van der Waals surface area contributed by atoms with Gasteiger partial charge < -0.3 is 15.1 Å². The number of amides is 1. The van der Waals surface area contributed by atoms with Crippen molar-refractivity contribution in [3.05, 3.63) is 0 Å². The zero-order chi connectivity index (χ0) is 12.3. The van der Waals surface area contributed by atoms with E-state index in [2.05, 4.69) is 21.1 Å². The van der Waals surface area contributed by atoms with E-state index >= 15 is 0 Å². The Morgan fingerprint density at radius 1 is 1.33 bits per heavy atom. The summed E-state index contributed by atoms with van der Waals surface area (Å²) in [5, 5.41) is 0. The number of quaternary nitrogens is 1. The largest absolute Gasteiger partial charge is 0.340 e. The lowest BCUT2D eigenvalue weighted by molar-refractivity contribution is -0.869. The molecule has 0 aromatic carbocycles. The molecule has 0 aromatic heterocycles. The Bertz CT molecular complexity index is 213. The number of likely N-dealkylation sites (N-methyl/N-ethyl adjacent to an activating group) is 2. The van der Waals surface area contributed by atoms with Crippen LogP contribution in [-0.4, -0.2) is 62.1 Å². The molecule has 0 aromatic rings. The number of carbonyl (C=O) groups excluding carboxylic acids is 1. The van der Waals surface area contributed by atoms with Crippen LogP contribution in [0, 0.1) is 0 Å². The highest BCUT2D eigenvalue weighted by atomic mass is 16.2. The molecule has 0 unspecified atom stereocenters.